The van der Waals surface area contributed by atoms with E-state index in [1.54, 1.807) is 30.5 Å². The molecule has 3 aromatic rings. The molecule has 1 heterocycles. The highest BCUT2D eigenvalue weighted by Crippen LogP contribution is 2.28. The van der Waals surface area contributed by atoms with Crippen molar-refractivity contribution in [3.8, 4) is 11.5 Å². The van der Waals surface area contributed by atoms with Gasteiger partial charge >= 0.3 is 0 Å². The van der Waals surface area contributed by atoms with Gasteiger partial charge in [-0.25, -0.2) is 8.42 Å². The molecule has 3 rings (SSSR count). The Bertz CT molecular complexity index is 1290. The van der Waals surface area contributed by atoms with Crippen LogP contribution >= 0.6 is 11.3 Å². The number of ether oxygens (including phenoxy) is 2. The average Bonchev–Trinajstić information content (AvgIpc) is 3.43. The predicted octanol–water partition coefficient (Wildman–Crippen LogP) is 4.83. The summed E-state index contributed by atoms with van der Waals surface area (Å²) in [5.74, 6) is 0.962. The zero-order valence-corrected chi connectivity index (χ0v) is 22.7. The molecule has 7 nitrogen and oxygen atoms in total. The van der Waals surface area contributed by atoms with E-state index in [0.29, 0.717) is 31.0 Å². The van der Waals surface area contributed by atoms with E-state index < -0.39 is 10.0 Å². The zero-order chi connectivity index (χ0) is 26.7. The van der Waals surface area contributed by atoms with E-state index >= 15 is 0 Å². The highest BCUT2D eigenvalue weighted by molar-refractivity contribution is 7.92. The monoisotopic (exact) mass is 540 g/mol. The summed E-state index contributed by atoms with van der Waals surface area (Å²) in [4.78, 5) is 16.1. The Labute approximate surface area is 223 Å². The van der Waals surface area contributed by atoms with Gasteiger partial charge in [0.15, 0.2) is 11.5 Å². The average molecular weight is 541 g/mol. The molecule has 1 amide bonds. The molecule has 0 aliphatic carbocycles. The van der Waals surface area contributed by atoms with Crippen LogP contribution in [0.1, 0.15) is 16.0 Å². The summed E-state index contributed by atoms with van der Waals surface area (Å²) in [5.41, 5.74) is 1.73. The van der Waals surface area contributed by atoms with Crippen molar-refractivity contribution in [2.45, 2.75) is 13.0 Å². The number of methoxy groups -OCH3 is 2. The minimum Gasteiger partial charge on any atom is -0.493 e. The fourth-order valence-corrected chi connectivity index (χ4v) is 5.48. The second kappa shape index (κ2) is 13.8. The van der Waals surface area contributed by atoms with Crippen LogP contribution in [0.4, 0.5) is 0 Å². The van der Waals surface area contributed by atoms with Crippen molar-refractivity contribution < 1.29 is 22.7 Å². The van der Waals surface area contributed by atoms with Crippen molar-refractivity contribution in [2.75, 3.05) is 33.9 Å². The first-order chi connectivity index (χ1) is 17.9. The van der Waals surface area contributed by atoms with Crippen LogP contribution < -0.4 is 9.47 Å². The Morgan fingerprint density at radius 1 is 1.03 bits per heavy atom. The number of benzene rings is 2. The summed E-state index contributed by atoms with van der Waals surface area (Å²) in [6.07, 6.45) is 3.57. The fraction of sp³-hybridized carbons (Fsp3) is 0.250. The lowest BCUT2D eigenvalue weighted by atomic mass is 10.1. The Hall–Kier alpha value is -3.40. The maximum atomic E-state index is 13.4. The van der Waals surface area contributed by atoms with Crippen LogP contribution in [0.15, 0.2) is 84.1 Å². The van der Waals surface area contributed by atoms with Crippen LogP contribution in [-0.2, 0) is 27.8 Å². The van der Waals surface area contributed by atoms with Gasteiger partial charge in [0.25, 0.3) is 0 Å². The molecule has 0 fully saturated rings. The van der Waals surface area contributed by atoms with Crippen LogP contribution in [0.2, 0.25) is 0 Å². The van der Waals surface area contributed by atoms with Crippen LogP contribution in [-0.4, -0.2) is 57.4 Å². The molecule has 0 unspecified atom stereocenters. The smallest absolute Gasteiger partial charge is 0.238 e. The minimum absolute atomic E-state index is 0.0235. The van der Waals surface area contributed by atoms with Gasteiger partial charge in [0, 0.05) is 23.4 Å². The Morgan fingerprint density at radius 2 is 1.78 bits per heavy atom. The van der Waals surface area contributed by atoms with Gasteiger partial charge < -0.3 is 14.4 Å². The number of rotatable bonds is 14. The van der Waals surface area contributed by atoms with Crippen molar-refractivity contribution in [3.05, 3.63) is 100 Å². The molecule has 0 spiro atoms. The van der Waals surface area contributed by atoms with Crippen molar-refractivity contribution >= 4 is 33.3 Å². The van der Waals surface area contributed by atoms with E-state index in [9.17, 15) is 13.2 Å². The summed E-state index contributed by atoms with van der Waals surface area (Å²) in [6.45, 7) is 4.22. The molecule has 0 radical (unpaired) electrons. The Morgan fingerprint density at radius 3 is 2.43 bits per heavy atom. The third kappa shape index (κ3) is 8.31. The number of sulfonamides is 1. The van der Waals surface area contributed by atoms with Gasteiger partial charge in [-0.05, 0) is 47.2 Å². The SMILES string of the molecule is C=CCN(CC(=O)N(CCc1ccc(OC)c(OC)c1)Cc1cccs1)S(=O)(=O)C=Cc1ccccc1. The van der Waals surface area contributed by atoms with Crippen LogP contribution in [0, 0.1) is 0 Å². The van der Waals surface area contributed by atoms with E-state index in [4.69, 9.17) is 9.47 Å². The molecule has 9 heteroatoms. The summed E-state index contributed by atoms with van der Waals surface area (Å²) in [5, 5.41) is 3.08. The van der Waals surface area contributed by atoms with Gasteiger partial charge in [-0.15, -0.1) is 17.9 Å². The fourth-order valence-electron chi connectivity index (χ4n) is 3.65. The van der Waals surface area contributed by atoms with Gasteiger partial charge in [-0.3, -0.25) is 4.79 Å². The van der Waals surface area contributed by atoms with Crippen molar-refractivity contribution in [3.63, 3.8) is 0 Å². The lowest BCUT2D eigenvalue weighted by molar-refractivity contribution is -0.131. The molecule has 0 aliphatic rings. The normalized spacial score (nSPS) is 11.5. The van der Waals surface area contributed by atoms with E-state index in [0.717, 1.165) is 25.7 Å². The molecular formula is C28H32N2O5S2. The van der Waals surface area contributed by atoms with Crippen LogP contribution in [0.3, 0.4) is 0 Å². The molecule has 37 heavy (non-hydrogen) atoms. The van der Waals surface area contributed by atoms with Gasteiger partial charge in [0.05, 0.1) is 27.3 Å². The lowest BCUT2D eigenvalue weighted by Crippen LogP contribution is -2.42. The Kier molecular flexibility index (Phi) is 10.5. The molecule has 2 aromatic carbocycles. The van der Waals surface area contributed by atoms with Crippen LogP contribution in [0.5, 0.6) is 11.5 Å². The number of nitrogens with zero attached hydrogens (tertiary/aromatic N) is 2. The third-order valence-corrected chi connectivity index (χ3v) is 7.97. The largest absolute Gasteiger partial charge is 0.493 e. The van der Waals surface area contributed by atoms with Gasteiger partial charge in [0.2, 0.25) is 15.9 Å². The molecule has 1 aromatic heterocycles. The first-order valence-electron chi connectivity index (χ1n) is 11.7. The number of hydrogen-bond acceptors (Lipinski definition) is 6. The molecule has 0 aliphatic heterocycles. The maximum Gasteiger partial charge on any atom is 0.238 e. The molecule has 0 saturated heterocycles. The van der Waals surface area contributed by atoms with Gasteiger partial charge in [-0.1, -0.05) is 48.5 Å². The summed E-state index contributed by atoms with van der Waals surface area (Å²) < 4.78 is 38.0. The van der Waals surface area contributed by atoms with Crippen molar-refractivity contribution in [1.82, 2.24) is 9.21 Å². The topological polar surface area (TPSA) is 76.2 Å². The van der Waals surface area contributed by atoms with Crippen molar-refractivity contribution in [1.29, 1.82) is 0 Å². The number of carbonyl (C=O) groups excluding carboxylic acids is 1. The molecular weight excluding hydrogens is 508 g/mol. The van der Waals surface area contributed by atoms with Crippen LogP contribution in [0.25, 0.3) is 6.08 Å². The summed E-state index contributed by atoms with van der Waals surface area (Å²) in [7, 11) is -0.692. The molecule has 0 atom stereocenters. The number of amides is 1. The second-order valence-electron chi connectivity index (χ2n) is 8.17. The Balaban J connectivity index is 1.77. The zero-order valence-electron chi connectivity index (χ0n) is 21.1. The first kappa shape index (κ1) is 28.2. The molecule has 0 bridgehead atoms. The number of hydrogen-bond donors (Lipinski definition) is 0. The maximum absolute atomic E-state index is 13.4. The van der Waals surface area contributed by atoms with Crippen molar-refractivity contribution in [2.24, 2.45) is 0 Å². The summed E-state index contributed by atoms with van der Waals surface area (Å²) in [6, 6.07) is 18.7. The van der Waals surface area contributed by atoms with E-state index in [-0.39, 0.29) is 19.0 Å². The number of carbonyl (C=O) groups is 1. The van der Waals surface area contributed by atoms with Gasteiger partial charge in [-0.2, -0.15) is 4.31 Å². The van der Waals surface area contributed by atoms with E-state index in [1.807, 2.05) is 66.0 Å². The molecule has 0 saturated carbocycles. The quantitative estimate of drug-likeness (QED) is 0.274. The minimum atomic E-state index is -3.85. The second-order valence-corrected chi connectivity index (χ2v) is 11.0. The highest BCUT2D eigenvalue weighted by atomic mass is 32.2. The molecule has 196 valence electrons. The lowest BCUT2D eigenvalue weighted by Gasteiger charge is -2.26. The number of thiophene rings is 1. The highest BCUT2D eigenvalue weighted by Gasteiger charge is 2.24. The first-order valence-corrected chi connectivity index (χ1v) is 14.1. The van der Waals surface area contributed by atoms with Gasteiger partial charge in [0.1, 0.15) is 0 Å². The molecule has 0 N–H and O–H groups in total. The van der Waals surface area contributed by atoms with E-state index in [2.05, 4.69) is 6.58 Å². The third-order valence-electron chi connectivity index (χ3n) is 5.63. The summed E-state index contributed by atoms with van der Waals surface area (Å²) >= 11 is 1.55. The predicted molar refractivity (Wildman–Crippen MR) is 149 cm³/mol. The van der Waals surface area contributed by atoms with E-state index in [1.165, 1.54) is 12.2 Å². The standard InChI is InChI=1S/C28H32N2O5S2/c1-4-16-30(37(32,33)19-15-23-9-6-5-7-10-23)22-28(31)29(21-25-11-8-18-36-25)17-14-24-12-13-26(34-2)27(20-24)35-3/h4-13,15,18-20H,1,14,16-17,21-22H2,2-3H3.